The van der Waals surface area contributed by atoms with E-state index in [4.69, 9.17) is 8.83 Å². The molecule has 4 rings (SSSR count). The molecule has 0 radical (unpaired) electrons. The van der Waals surface area contributed by atoms with Crippen LogP contribution in [0.4, 0.5) is 0 Å². The predicted octanol–water partition coefficient (Wildman–Crippen LogP) is 4.16. The van der Waals surface area contributed by atoms with E-state index >= 15 is 0 Å². The lowest BCUT2D eigenvalue weighted by molar-refractivity contribution is 0.0891. The third-order valence-electron chi connectivity index (χ3n) is 4.73. The molecule has 0 unspecified atom stereocenters. The molecule has 134 valence electrons. The molecule has 0 bridgehead atoms. The molecule has 1 N–H and O–H groups in total. The Morgan fingerprint density at radius 3 is 2.73 bits per heavy atom. The second-order valence-electron chi connectivity index (χ2n) is 6.33. The van der Waals surface area contributed by atoms with Crippen molar-refractivity contribution in [3.63, 3.8) is 0 Å². The average Bonchev–Trinajstić information content (AvgIpc) is 3.34. The van der Waals surface area contributed by atoms with Crippen molar-refractivity contribution in [2.45, 2.75) is 19.0 Å². The third-order valence-corrected chi connectivity index (χ3v) is 5.15. The fraction of sp³-hybridized carbons (Fsp3) is 0.250. The van der Waals surface area contributed by atoms with Gasteiger partial charge in [-0.05, 0) is 57.7 Å². The maximum absolute atomic E-state index is 12.3. The van der Waals surface area contributed by atoms with Gasteiger partial charge >= 0.3 is 0 Å². The van der Waals surface area contributed by atoms with Gasteiger partial charge in [-0.15, -0.1) is 0 Å². The summed E-state index contributed by atoms with van der Waals surface area (Å²) in [5.74, 6) is 0.911. The fourth-order valence-electron chi connectivity index (χ4n) is 3.39. The molecule has 2 aromatic heterocycles. The van der Waals surface area contributed by atoms with E-state index < -0.39 is 0 Å². The first-order chi connectivity index (χ1) is 12.7. The Bertz CT molecular complexity index is 888. The van der Waals surface area contributed by atoms with Gasteiger partial charge in [0.25, 0.3) is 5.91 Å². The van der Waals surface area contributed by atoms with Gasteiger partial charge in [-0.3, -0.25) is 9.69 Å². The minimum absolute atomic E-state index is 0.0271. The number of fused-ring (bicyclic) bond motifs is 1. The van der Waals surface area contributed by atoms with Crippen LogP contribution >= 0.6 is 15.9 Å². The Balaban J connectivity index is 1.50. The molecular formula is C20H19BrN2O3. The van der Waals surface area contributed by atoms with E-state index in [0.29, 0.717) is 17.0 Å². The van der Waals surface area contributed by atoms with Crippen molar-refractivity contribution < 1.29 is 13.6 Å². The lowest BCUT2D eigenvalue weighted by Gasteiger charge is -2.34. The van der Waals surface area contributed by atoms with Gasteiger partial charge in [0.15, 0.2) is 10.4 Å². The van der Waals surface area contributed by atoms with Crippen LogP contribution in [-0.2, 0) is 13.0 Å². The quantitative estimate of drug-likeness (QED) is 0.680. The molecule has 1 aliphatic rings. The lowest BCUT2D eigenvalue weighted by atomic mass is 9.98. The molecule has 1 aliphatic heterocycles. The predicted molar refractivity (Wildman–Crippen MR) is 101 cm³/mol. The number of hydrogen-bond acceptors (Lipinski definition) is 4. The first kappa shape index (κ1) is 17.1. The molecule has 0 aliphatic carbocycles. The SMILES string of the molecule is O=C(NC[C@H](c1ccco1)N1CCc2ccccc2C1)c1ccc(Br)o1. The molecule has 26 heavy (non-hydrogen) atoms. The lowest BCUT2D eigenvalue weighted by Crippen LogP contribution is -2.40. The van der Waals surface area contributed by atoms with Gasteiger partial charge in [-0.2, -0.15) is 0 Å². The third kappa shape index (κ3) is 3.61. The molecule has 1 atom stereocenters. The summed E-state index contributed by atoms with van der Waals surface area (Å²) in [7, 11) is 0. The van der Waals surface area contributed by atoms with Crippen molar-refractivity contribution in [3.05, 3.63) is 82.1 Å². The summed E-state index contributed by atoms with van der Waals surface area (Å²) in [6.45, 7) is 2.21. The van der Waals surface area contributed by atoms with Crippen LogP contribution in [0.25, 0.3) is 0 Å². The molecule has 3 aromatic rings. The van der Waals surface area contributed by atoms with Crippen LogP contribution in [0.5, 0.6) is 0 Å². The Morgan fingerprint density at radius 1 is 1.15 bits per heavy atom. The van der Waals surface area contributed by atoms with E-state index in [1.165, 1.54) is 11.1 Å². The summed E-state index contributed by atoms with van der Waals surface area (Å²) in [5.41, 5.74) is 2.73. The number of hydrogen-bond donors (Lipinski definition) is 1. The second kappa shape index (κ2) is 7.51. The molecule has 3 heterocycles. The number of carbonyl (C=O) groups excluding carboxylic acids is 1. The first-order valence-corrected chi connectivity index (χ1v) is 9.38. The number of amides is 1. The van der Waals surface area contributed by atoms with Crippen LogP contribution in [-0.4, -0.2) is 23.9 Å². The second-order valence-corrected chi connectivity index (χ2v) is 7.12. The van der Waals surface area contributed by atoms with Crippen LogP contribution in [0, 0.1) is 0 Å². The van der Waals surface area contributed by atoms with Crippen molar-refractivity contribution in [1.82, 2.24) is 10.2 Å². The summed E-state index contributed by atoms with van der Waals surface area (Å²) < 4.78 is 11.5. The molecule has 0 spiro atoms. The molecule has 5 nitrogen and oxygen atoms in total. The van der Waals surface area contributed by atoms with Crippen LogP contribution in [0.2, 0.25) is 0 Å². The largest absolute Gasteiger partial charge is 0.468 e. The smallest absolute Gasteiger partial charge is 0.287 e. The molecule has 1 amide bonds. The summed E-state index contributed by atoms with van der Waals surface area (Å²) in [4.78, 5) is 14.7. The standard InChI is InChI=1S/C20H19BrN2O3/c21-19-8-7-18(26-19)20(24)22-12-16(17-6-3-11-25-17)23-10-9-14-4-1-2-5-15(14)13-23/h1-8,11,16H,9-10,12-13H2,(H,22,24)/t16-/m1/s1. The van der Waals surface area contributed by atoms with Gasteiger partial charge in [-0.1, -0.05) is 24.3 Å². The molecular weight excluding hydrogens is 396 g/mol. The van der Waals surface area contributed by atoms with Crippen LogP contribution in [0.3, 0.4) is 0 Å². The normalized spacial score (nSPS) is 15.4. The maximum Gasteiger partial charge on any atom is 0.287 e. The number of carbonyl (C=O) groups is 1. The Kier molecular flexibility index (Phi) is 4.95. The van der Waals surface area contributed by atoms with Gasteiger partial charge in [0.2, 0.25) is 0 Å². The molecule has 0 saturated carbocycles. The van der Waals surface area contributed by atoms with Gasteiger partial charge < -0.3 is 14.2 Å². The Labute approximate surface area is 160 Å². The topological polar surface area (TPSA) is 58.6 Å². The van der Waals surface area contributed by atoms with Crippen LogP contribution in [0.15, 0.2) is 68.3 Å². The number of nitrogens with zero attached hydrogens (tertiary/aromatic N) is 1. The van der Waals surface area contributed by atoms with E-state index in [0.717, 1.165) is 25.3 Å². The van der Waals surface area contributed by atoms with E-state index in [1.54, 1.807) is 18.4 Å². The highest BCUT2D eigenvalue weighted by Crippen LogP contribution is 2.28. The minimum Gasteiger partial charge on any atom is -0.468 e. The summed E-state index contributed by atoms with van der Waals surface area (Å²) in [6, 6.07) is 15.7. The van der Waals surface area contributed by atoms with Crippen LogP contribution in [0.1, 0.15) is 33.5 Å². The Hall–Kier alpha value is -2.31. The van der Waals surface area contributed by atoms with Crippen LogP contribution < -0.4 is 5.32 Å². The summed E-state index contributed by atoms with van der Waals surface area (Å²) in [5, 5.41) is 2.97. The van der Waals surface area contributed by atoms with E-state index in [-0.39, 0.29) is 11.9 Å². The number of nitrogens with one attached hydrogen (secondary N) is 1. The van der Waals surface area contributed by atoms with E-state index in [1.807, 2.05) is 12.1 Å². The highest BCUT2D eigenvalue weighted by atomic mass is 79.9. The van der Waals surface area contributed by atoms with E-state index in [2.05, 4.69) is 50.4 Å². The molecule has 6 heteroatoms. The monoisotopic (exact) mass is 414 g/mol. The van der Waals surface area contributed by atoms with Crippen molar-refractivity contribution in [2.24, 2.45) is 0 Å². The van der Waals surface area contributed by atoms with Crippen molar-refractivity contribution in [2.75, 3.05) is 13.1 Å². The van der Waals surface area contributed by atoms with Gasteiger partial charge in [0.1, 0.15) is 5.76 Å². The zero-order chi connectivity index (χ0) is 17.9. The maximum atomic E-state index is 12.3. The molecule has 0 saturated heterocycles. The zero-order valence-corrected chi connectivity index (χ0v) is 15.7. The summed E-state index contributed by atoms with van der Waals surface area (Å²) in [6.07, 6.45) is 2.66. The van der Waals surface area contributed by atoms with Gasteiger partial charge in [0.05, 0.1) is 12.3 Å². The minimum atomic E-state index is -0.232. The summed E-state index contributed by atoms with van der Waals surface area (Å²) >= 11 is 3.22. The average molecular weight is 415 g/mol. The van der Waals surface area contributed by atoms with Crippen molar-refractivity contribution in [3.8, 4) is 0 Å². The van der Waals surface area contributed by atoms with Gasteiger partial charge in [-0.25, -0.2) is 0 Å². The number of halogens is 1. The first-order valence-electron chi connectivity index (χ1n) is 8.58. The van der Waals surface area contributed by atoms with Crippen molar-refractivity contribution in [1.29, 1.82) is 0 Å². The molecule has 0 fully saturated rings. The number of rotatable bonds is 5. The Morgan fingerprint density at radius 2 is 2.00 bits per heavy atom. The molecule has 1 aromatic carbocycles. The van der Waals surface area contributed by atoms with Crippen molar-refractivity contribution >= 4 is 21.8 Å². The fourth-order valence-corrected chi connectivity index (χ4v) is 3.69. The van der Waals surface area contributed by atoms with E-state index in [9.17, 15) is 4.79 Å². The highest BCUT2D eigenvalue weighted by Gasteiger charge is 2.27. The zero-order valence-electron chi connectivity index (χ0n) is 14.2. The van der Waals surface area contributed by atoms with Gasteiger partial charge in [0, 0.05) is 19.6 Å². The number of benzene rings is 1. The number of furan rings is 2. The highest BCUT2D eigenvalue weighted by molar-refractivity contribution is 9.10.